The third kappa shape index (κ3) is 6.59. The van der Waals surface area contributed by atoms with E-state index in [0.717, 1.165) is 18.6 Å². The van der Waals surface area contributed by atoms with E-state index in [2.05, 4.69) is 6.92 Å². The topological polar surface area (TPSA) is 152 Å². The van der Waals surface area contributed by atoms with Gasteiger partial charge in [0.25, 0.3) is 0 Å². The minimum Gasteiger partial charge on any atom is -0.759 e. The Morgan fingerprint density at radius 1 is 1.12 bits per heavy atom. The second kappa shape index (κ2) is 8.67. The van der Waals surface area contributed by atoms with Crippen molar-refractivity contribution in [3.63, 3.8) is 0 Å². The van der Waals surface area contributed by atoms with E-state index in [-0.39, 0.29) is 16.2 Å². The van der Waals surface area contributed by atoms with Crippen LogP contribution in [0.25, 0.3) is 0 Å². The van der Waals surface area contributed by atoms with Gasteiger partial charge in [-0.1, -0.05) is 25.5 Å². The van der Waals surface area contributed by atoms with Crippen molar-refractivity contribution >= 4 is 39.4 Å². The molecule has 0 aliphatic carbocycles. The predicted molar refractivity (Wildman–Crippen MR) is 101 cm³/mol. The average Bonchev–Trinajstić information content (AvgIpc) is 2.52. The molecule has 0 bridgehead atoms. The summed E-state index contributed by atoms with van der Waals surface area (Å²) < 4.78 is 88.4. The van der Waals surface area contributed by atoms with E-state index < -0.39 is 39.8 Å². The van der Waals surface area contributed by atoms with Gasteiger partial charge in [-0.2, -0.15) is 11.8 Å². The van der Waals surface area contributed by atoms with Crippen molar-refractivity contribution in [1.82, 2.24) is 0 Å². The summed E-state index contributed by atoms with van der Waals surface area (Å²) in [6.45, 7) is 2.05. The van der Waals surface area contributed by atoms with E-state index in [1.54, 1.807) is 11.8 Å². The molecular formula is C14H22O8S4-2. The van der Waals surface area contributed by atoms with Crippen LogP contribution in [0.3, 0.4) is 0 Å². The van der Waals surface area contributed by atoms with Crippen molar-refractivity contribution in [3.05, 3.63) is 29.8 Å². The number of sulfone groups is 1. The lowest BCUT2D eigenvalue weighted by atomic mass is 10.2. The molecular weight excluding hydrogens is 424 g/mol. The van der Waals surface area contributed by atoms with E-state index >= 15 is 0 Å². The number of unbranched alkanes of at least 4 members (excludes halogenated alkanes) is 1. The summed E-state index contributed by atoms with van der Waals surface area (Å²) in [6.07, 6.45) is 1.62. The quantitative estimate of drug-likeness (QED) is 0.302. The Morgan fingerprint density at radius 2 is 1.69 bits per heavy atom. The summed E-state index contributed by atoms with van der Waals surface area (Å²) in [5.41, 5.74) is 0.272. The molecule has 0 heterocycles. The molecule has 0 aromatic heterocycles. The van der Waals surface area contributed by atoms with Gasteiger partial charge in [0.2, 0.25) is 0 Å². The van der Waals surface area contributed by atoms with Gasteiger partial charge in [0, 0.05) is 20.2 Å². The van der Waals surface area contributed by atoms with Crippen LogP contribution in [0, 0.1) is 0 Å². The first-order valence-electron chi connectivity index (χ1n) is 7.76. The van der Waals surface area contributed by atoms with Crippen molar-refractivity contribution in [3.8, 4) is 0 Å². The molecule has 0 amide bonds. The van der Waals surface area contributed by atoms with Crippen LogP contribution < -0.4 is 0 Å². The predicted octanol–water partition coefficient (Wildman–Crippen LogP) is 1.42. The first kappa shape index (κ1) is 23.5. The highest BCUT2D eigenvalue weighted by Crippen LogP contribution is 2.25. The van der Waals surface area contributed by atoms with Crippen LogP contribution in [0.1, 0.15) is 25.3 Å². The van der Waals surface area contributed by atoms with Crippen molar-refractivity contribution in [2.45, 2.75) is 31.1 Å². The van der Waals surface area contributed by atoms with Crippen LogP contribution in [0.5, 0.6) is 0 Å². The molecule has 1 N–H and O–H groups in total. The first-order chi connectivity index (χ1) is 11.8. The number of hydrogen-bond donors (Lipinski definition) is 1. The first-order valence-corrected chi connectivity index (χ1v) is 14.5. The van der Waals surface area contributed by atoms with E-state index in [1.165, 1.54) is 24.3 Å². The normalized spacial score (nSPS) is 14.7. The highest BCUT2D eigenvalue weighted by atomic mass is 33.2. The molecule has 0 aliphatic heterocycles. The van der Waals surface area contributed by atoms with Gasteiger partial charge in [-0.25, -0.2) is 16.8 Å². The summed E-state index contributed by atoms with van der Waals surface area (Å²) in [5, 5.41) is 0. The average molecular weight is 447 g/mol. The highest BCUT2D eigenvalue weighted by molar-refractivity contribution is 8.74. The third-order valence-electron chi connectivity index (χ3n) is 3.56. The molecule has 0 fully saturated rings. The van der Waals surface area contributed by atoms with Gasteiger partial charge in [-0.05, 0) is 36.3 Å². The van der Waals surface area contributed by atoms with Gasteiger partial charge in [0.1, 0.15) is 0 Å². The highest BCUT2D eigenvalue weighted by Gasteiger charge is 2.28. The zero-order valence-electron chi connectivity index (χ0n) is 14.2. The maximum atomic E-state index is 12.2. The molecule has 0 radical (unpaired) electrons. The number of benzene rings is 1. The minimum absolute atomic E-state index is 0.0253. The lowest BCUT2D eigenvalue weighted by Crippen LogP contribution is -2.44. The van der Waals surface area contributed by atoms with Gasteiger partial charge in [0.05, 0.1) is 10.6 Å². The summed E-state index contributed by atoms with van der Waals surface area (Å²) in [4.78, 5) is 0.0672. The van der Waals surface area contributed by atoms with Crippen LogP contribution in [-0.2, 0) is 34.1 Å². The molecule has 0 aliphatic rings. The molecule has 26 heavy (non-hydrogen) atoms. The molecule has 1 aromatic rings. The van der Waals surface area contributed by atoms with E-state index in [4.69, 9.17) is 4.55 Å². The summed E-state index contributed by atoms with van der Waals surface area (Å²) in [6, 6.07) is 5.20. The number of rotatable bonds is 11. The fourth-order valence-electron chi connectivity index (χ4n) is 1.89. The molecule has 1 aromatic carbocycles. The molecule has 12 heteroatoms. The molecule has 0 saturated heterocycles. The lowest BCUT2D eigenvalue weighted by Gasteiger charge is -2.44. The molecule has 0 saturated carbocycles. The minimum atomic E-state index is -6.58. The van der Waals surface area contributed by atoms with Gasteiger partial charge in [-0.3, -0.25) is 4.21 Å². The zero-order chi connectivity index (χ0) is 20.1. The third-order valence-corrected chi connectivity index (χ3v) is 11.2. The van der Waals surface area contributed by atoms with Gasteiger partial charge in [0.15, 0.2) is 19.0 Å². The van der Waals surface area contributed by atoms with Crippen LogP contribution >= 0.6 is 11.8 Å². The Labute approximate surface area is 157 Å². The van der Waals surface area contributed by atoms with E-state index in [1.807, 2.05) is 0 Å². The lowest BCUT2D eigenvalue weighted by molar-refractivity contribution is 0.375. The second-order valence-corrected chi connectivity index (χ2v) is 15.3. The van der Waals surface area contributed by atoms with E-state index in [0.29, 0.717) is 5.75 Å². The number of aryl methyl sites for hydroxylation is 1. The Morgan fingerprint density at radius 3 is 2.19 bits per heavy atom. The van der Waals surface area contributed by atoms with Gasteiger partial charge in [-0.15, -0.1) is 0 Å². The van der Waals surface area contributed by atoms with Crippen molar-refractivity contribution in [2.24, 2.45) is 0 Å². The molecule has 1 rings (SSSR count). The summed E-state index contributed by atoms with van der Waals surface area (Å²) in [5.74, 6) is 0.0478. The fraction of sp³-hybridized carbons (Fsp3) is 0.571. The molecule has 8 nitrogen and oxygen atoms in total. The van der Waals surface area contributed by atoms with Crippen molar-refractivity contribution < 1.29 is 34.7 Å². The standard InChI is InChI=1S/C14H24O8S4/c1-2-3-9-23-10-11-24(15,16)14-6-4-13(5-7-14)8-12-26(20,21,22)25(17,18)19/h4-7H,2-3,8-12H2,1H3,(H,17,18,19)(H2,20,21,22)/p-2. The fourth-order valence-corrected chi connectivity index (χ4v) is 6.36. The van der Waals surface area contributed by atoms with Crippen LogP contribution in [0.2, 0.25) is 0 Å². The Bertz CT molecular complexity index is 866. The zero-order valence-corrected chi connectivity index (χ0v) is 17.5. The summed E-state index contributed by atoms with van der Waals surface area (Å²) in [7, 11) is -16.0. The van der Waals surface area contributed by atoms with Crippen LogP contribution in [-0.4, -0.2) is 57.7 Å². The Kier molecular flexibility index (Phi) is 7.85. The number of thioether (sulfide) groups is 1. The Hall–Kier alpha value is -0.500. The maximum Gasteiger partial charge on any atom is 0.179 e. The second-order valence-electron chi connectivity index (χ2n) is 5.70. The smallest absolute Gasteiger partial charge is 0.179 e. The maximum absolute atomic E-state index is 12.2. The number of hydrogen-bond acceptors (Lipinski definition) is 8. The van der Waals surface area contributed by atoms with Crippen molar-refractivity contribution in [2.75, 3.05) is 23.0 Å². The SMILES string of the molecule is CCCCSCCS(=O)(=O)c1ccc(CCS(=O)([O-])(O)S(=O)(=O)[O-])cc1. The molecule has 0 atom stereocenters. The van der Waals surface area contributed by atoms with E-state index in [9.17, 15) is 30.1 Å². The van der Waals surface area contributed by atoms with Crippen molar-refractivity contribution in [1.29, 1.82) is 0 Å². The van der Waals surface area contributed by atoms with Gasteiger partial charge >= 0.3 is 0 Å². The summed E-state index contributed by atoms with van der Waals surface area (Å²) >= 11 is 1.56. The van der Waals surface area contributed by atoms with Gasteiger partial charge < -0.3 is 13.7 Å². The monoisotopic (exact) mass is 446 g/mol. The van der Waals surface area contributed by atoms with Crippen LogP contribution in [0.15, 0.2) is 29.2 Å². The largest absolute Gasteiger partial charge is 0.759 e. The molecule has 0 unspecified atom stereocenters. The molecule has 152 valence electrons. The Balaban J connectivity index is 2.73. The van der Waals surface area contributed by atoms with Crippen LogP contribution in [0.4, 0.5) is 0 Å². The molecule has 0 spiro atoms.